The normalized spacial score (nSPS) is 17.4. The van der Waals surface area contributed by atoms with Crippen molar-refractivity contribution >= 4 is 17.5 Å². The van der Waals surface area contributed by atoms with E-state index in [0.717, 1.165) is 12.8 Å². The zero-order valence-electron chi connectivity index (χ0n) is 13.4. The van der Waals surface area contributed by atoms with E-state index in [9.17, 15) is 4.79 Å². The lowest BCUT2D eigenvalue weighted by Crippen LogP contribution is -2.44. The average Bonchev–Trinajstić information content (AvgIpc) is 2.62. The predicted octanol–water partition coefficient (Wildman–Crippen LogP) is 3.43. The Morgan fingerprint density at radius 3 is 2.83 bits per heavy atom. The van der Waals surface area contributed by atoms with Crippen LogP contribution >= 0.6 is 11.6 Å². The number of pyridine rings is 1. The van der Waals surface area contributed by atoms with Gasteiger partial charge in [0.15, 0.2) is 11.5 Å². The van der Waals surface area contributed by atoms with E-state index in [-0.39, 0.29) is 12.0 Å². The number of nitrogens with zero attached hydrogens (tertiary/aromatic N) is 2. The van der Waals surface area contributed by atoms with E-state index in [2.05, 4.69) is 4.98 Å². The van der Waals surface area contributed by atoms with E-state index in [1.807, 2.05) is 24.3 Å². The van der Waals surface area contributed by atoms with Gasteiger partial charge in [0.1, 0.15) is 6.10 Å². The second-order valence-corrected chi connectivity index (χ2v) is 6.11. The number of carbonyl (C=O) groups excluding carboxylic acids is 1. The van der Waals surface area contributed by atoms with Crippen LogP contribution in [0.1, 0.15) is 23.2 Å². The van der Waals surface area contributed by atoms with E-state index in [0.29, 0.717) is 35.2 Å². The fraction of sp³-hybridized carbons (Fsp3) is 0.333. The first kappa shape index (κ1) is 16.6. The second-order valence-electron chi connectivity index (χ2n) is 5.68. The van der Waals surface area contributed by atoms with Crippen LogP contribution in [0.25, 0.3) is 0 Å². The maximum absolute atomic E-state index is 12.6. The van der Waals surface area contributed by atoms with E-state index in [1.165, 1.54) is 6.20 Å². The molecule has 2 aromatic rings. The van der Waals surface area contributed by atoms with Crippen LogP contribution in [-0.4, -0.2) is 42.1 Å². The molecule has 1 aliphatic rings. The number of para-hydroxylation sites is 2. The molecular weight excluding hydrogens is 328 g/mol. The Morgan fingerprint density at radius 1 is 1.29 bits per heavy atom. The zero-order valence-corrected chi connectivity index (χ0v) is 14.2. The van der Waals surface area contributed by atoms with Crippen LogP contribution in [0.15, 0.2) is 42.7 Å². The number of amides is 1. The van der Waals surface area contributed by atoms with Gasteiger partial charge >= 0.3 is 0 Å². The highest BCUT2D eigenvalue weighted by molar-refractivity contribution is 6.30. The van der Waals surface area contributed by atoms with Crippen LogP contribution in [-0.2, 0) is 0 Å². The third kappa shape index (κ3) is 3.79. The Bertz CT molecular complexity index is 723. The van der Waals surface area contributed by atoms with Crippen LogP contribution in [0.2, 0.25) is 5.02 Å². The lowest BCUT2D eigenvalue weighted by Gasteiger charge is -2.33. The Kier molecular flexibility index (Phi) is 5.20. The Labute approximate surface area is 146 Å². The molecule has 0 N–H and O–H groups in total. The summed E-state index contributed by atoms with van der Waals surface area (Å²) < 4.78 is 11.4. The molecule has 0 spiro atoms. The molecule has 1 amide bonds. The number of halogens is 1. The minimum absolute atomic E-state index is 0.0638. The molecule has 126 valence electrons. The molecule has 1 aromatic carbocycles. The number of carbonyl (C=O) groups is 1. The Hall–Kier alpha value is -2.27. The van der Waals surface area contributed by atoms with Gasteiger partial charge in [-0.2, -0.15) is 0 Å². The van der Waals surface area contributed by atoms with Gasteiger partial charge in [-0.15, -0.1) is 0 Å². The van der Waals surface area contributed by atoms with Gasteiger partial charge in [-0.1, -0.05) is 23.7 Å². The van der Waals surface area contributed by atoms with Crippen molar-refractivity contribution in [2.45, 2.75) is 18.9 Å². The number of hydrogen-bond donors (Lipinski definition) is 0. The topological polar surface area (TPSA) is 51.7 Å². The van der Waals surface area contributed by atoms with Gasteiger partial charge < -0.3 is 14.4 Å². The highest BCUT2D eigenvalue weighted by Gasteiger charge is 2.26. The van der Waals surface area contributed by atoms with Crippen molar-refractivity contribution in [2.75, 3.05) is 20.2 Å². The van der Waals surface area contributed by atoms with Crippen molar-refractivity contribution < 1.29 is 14.3 Å². The minimum atomic E-state index is -0.0710. The van der Waals surface area contributed by atoms with Crippen molar-refractivity contribution in [2.24, 2.45) is 0 Å². The lowest BCUT2D eigenvalue weighted by atomic mass is 10.1. The van der Waals surface area contributed by atoms with E-state index >= 15 is 0 Å². The number of likely N-dealkylation sites (tertiary alicyclic amines) is 1. The van der Waals surface area contributed by atoms with Crippen molar-refractivity contribution in [1.82, 2.24) is 9.88 Å². The summed E-state index contributed by atoms with van der Waals surface area (Å²) in [5, 5.41) is 0.458. The summed E-state index contributed by atoms with van der Waals surface area (Å²) in [6.45, 7) is 1.24. The van der Waals surface area contributed by atoms with E-state index in [1.54, 1.807) is 24.3 Å². The second kappa shape index (κ2) is 7.53. The molecule has 2 heterocycles. The van der Waals surface area contributed by atoms with Gasteiger partial charge in [0, 0.05) is 18.9 Å². The summed E-state index contributed by atoms with van der Waals surface area (Å²) >= 11 is 5.93. The minimum Gasteiger partial charge on any atom is -0.493 e. The molecule has 1 saturated heterocycles. The number of aromatic nitrogens is 1. The van der Waals surface area contributed by atoms with Crippen LogP contribution in [0, 0.1) is 0 Å². The first-order valence-corrected chi connectivity index (χ1v) is 8.24. The fourth-order valence-corrected chi connectivity index (χ4v) is 3.00. The summed E-state index contributed by atoms with van der Waals surface area (Å²) in [5.41, 5.74) is 0.500. The number of rotatable bonds is 4. The molecule has 0 aliphatic carbocycles. The van der Waals surface area contributed by atoms with Gasteiger partial charge in [0.25, 0.3) is 5.91 Å². The zero-order chi connectivity index (χ0) is 16.9. The van der Waals surface area contributed by atoms with Crippen molar-refractivity contribution in [3.63, 3.8) is 0 Å². The molecule has 1 fully saturated rings. The number of benzene rings is 1. The molecule has 1 atom stereocenters. The summed E-state index contributed by atoms with van der Waals surface area (Å²) in [6.07, 6.45) is 4.78. The van der Waals surface area contributed by atoms with Crippen molar-refractivity contribution in [1.29, 1.82) is 0 Å². The Balaban J connectivity index is 1.69. The summed E-state index contributed by atoms with van der Waals surface area (Å²) in [4.78, 5) is 18.4. The number of methoxy groups -OCH3 is 1. The van der Waals surface area contributed by atoms with Gasteiger partial charge in [0.05, 0.1) is 24.2 Å². The maximum atomic E-state index is 12.6. The smallest absolute Gasteiger partial charge is 0.255 e. The summed E-state index contributed by atoms with van der Waals surface area (Å²) in [5.74, 6) is 1.32. The summed E-state index contributed by atoms with van der Waals surface area (Å²) in [7, 11) is 1.62. The van der Waals surface area contributed by atoms with Crippen LogP contribution in [0.3, 0.4) is 0 Å². The highest BCUT2D eigenvalue weighted by Crippen LogP contribution is 2.29. The van der Waals surface area contributed by atoms with E-state index in [4.69, 9.17) is 21.1 Å². The number of ether oxygens (including phenoxy) is 2. The first-order chi connectivity index (χ1) is 11.7. The monoisotopic (exact) mass is 346 g/mol. The van der Waals surface area contributed by atoms with E-state index < -0.39 is 0 Å². The predicted molar refractivity (Wildman–Crippen MR) is 91.8 cm³/mol. The number of piperidine rings is 1. The van der Waals surface area contributed by atoms with Crippen LogP contribution < -0.4 is 9.47 Å². The molecular formula is C18H19ClN2O3. The Morgan fingerprint density at radius 2 is 2.08 bits per heavy atom. The molecule has 3 rings (SSSR count). The SMILES string of the molecule is COc1ccccc1OC1CCCN(C(=O)c2cncc(Cl)c2)C1. The lowest BCUT2D eigenvalue weighted by molar-refractivity contribution is 0.0532. The first-order valence-electron chi connectivity index (χ1n) is 7.87. The van der Waals surface area contributed by atoms with Crippen LogP contribution in [0.4, 0.5) is 0 Å². The molecule has 1 aliphatic heterocycles. The molecule has 1 aromatic heterocycles. The molecule has 6 heteroatoms. The van der Waals surface area contributed by atoms with Crippen molar-refractivity contribution in [3.05, 3.63) is 53.3 Å². The quantitative estimate of drug-likeness (QED) is 0.851. The standard InChI is InChI=1S/C18H19ClN2O3/c1-23-16-6-2-3-7-17(16)24-15-5-4-8-21(12-15)18(22)13-9-14(19)11-20-10-13/h2-3,6-7,9-11,15H,4-5,8,12H2,1H3. The fourth-order valence-electron chi connectivity index (χ4n) is 2.83. The van der Waals surface area contributed by atoms with Gasteiger partial charge in [-0.25, -0.2) is 0 Å². The van der Waals surface area contributed by atoms with Gasteiger partial charge in [-0.05, 0) is 31.0 Å². The number of hydrogen-bond acceptors (Lipinski definition) is 4. The highest BCUT2D eigenvalue weighted by atomic mass is 35.5. The molecule has 0 bridgehead atoms. The molecule has 1 unspecified atom stereocenters. The third-order valence-electron chi connectivity index (χ3n) is 3.98. The maximum Gasteiger partial charge on any atom is 0.255 e. The van der Waals surface area contributed by atoms with Crippen LogP contribution in [0.5, 0.6) is 11.5 Å². The third-order valence-corrected chi connectivity index (χ3v) is 4.19. The molecule has 0 saturated carbocycles. The average molecular weight is 347 g/mol. The van der Waals surface area contributed by atoms with Crippen molar-refractivity contribution in [3.8, 4) is 11.5 Å². The molecule has 5 nitrogen and oxygen atoms in total. The largest absolute Gasteiger partial charge is 0.493 e. The van der Waals surface area contributed by atoms with Gasteiger partial charge in [-0.3, -0.25) is 9.78 Å². The van der Waals surface area contributed by atoms with Gasteiger partial charge in [0.2, 0.25) is 0 Å². The summed E-state index contributed by atoms with van der Waals surface area (Å²) in [6, 6.07) is 9.18. The molecule has 24 heavy (non-hydrogen) atoms. The molecule has 0 radical (unpaired) electrons.